The van der Waals surface area contributed by atoms with E-state index in [1.54, 1.807) is 0 Å². The Bertz CT molecular complexity index is 84.1. The zero-order valence-electron chi connectivity index (χ0n) is 4.37. The first-order chi connectivity index (χ1) is 3.63. The fraction of sp³-hybridized carbons (Fsp3) is 0.750. The molecule has 0 radical (unpaired) electrons. The van der Waals surface area contributed by atoms with E-state index in [4.69, 9.17) is 10.8 Å². The van der Waals surface area contributed by atoms with Crippen molar-refractivity contribution in [3.8, 4) is 0 Å². The van der Waals surface area contributed by atoms with Gasteiger partial charge in [-0.05, 0) is 6.42 Å². The minimum atomic E-state index is -0.825. The molecule has 0 aromatic carbocycles. The molecule has 3 nitrogen and oxygen atoms in total. The van der Waals surface area contributed by atoms with Gasteiger partial charge in [0.1, 0.15) is 0 Å². The Kier molecular flexibility index (Phi) is 3.64. The number of thiol groups is 1. The third-order valence-corrected chi connectivity index (χ3v) is 0.912. The van der Waals surface area contributed by atoms with Gasteiger partial charge in [0.05, 0.1) is 0 Å². The maximum absolute atomic E-state index is 9.81. The highest BCUT2D eigenvalue weighted by atomic mass is 32.1. The Morgan fingerprint density at radius 2 is 2.38 bits per heavy atom. The van der Waals surface area contributed by atoms with E-state index in [0.29, 0.717) is 6.42 Å². The van der Waals surface area contributed by atoms with Crippen molar-refractivity contribution >= 4 is 18.6 Å². The number of carboxylic acids is 1. The van der Waals surface area contributed by atoms with Gasteiger partial charge in [-0.2, -0.15) is 12.6 Å². The van der Waals surface area contributed by atoms with Crippen LogP contribution in [0.1, 0.15) is 12.8 Å². The smallest absolute Gasteiger partial charge is 0.303 e. The molecule has 0 aliphatic rings. The maximum Gasteiger partial charge on any atom is 0.303 e. The quantitative estimate of drug-likeness (QED) is 0.379. The van der Waals surface area contributed by atoms with E-state index in [-0.39, 0.29) is 11.8 Å². The van der Waals surface area contributed by atoms with Crippen molar-refractivity contribution in [2.45, 2.75) is 18.2 Å². The topological polar surface area (TPSA) is 63.3 Å². The molecule has 1 unspecified atom stereocenters. The van der Waals surface area contributed by atoms with Gasteiger partial charge in [0.25, 0.3) is 0 Å². The highest BCUT2D eigenvalue weighted by Gasteiger charge is 1.98. The molecule has 0 aromatic rings. The van der Waals surface area contributed by atoms with Crippen molar-refractivity contribution in [1.82, 2.24) is 0 Å². The van der Waals surface area contributed by atoms with Crippen LogP contribution in [-0.2, 0) is 4.79 Å². The summed E-state index contributed by atoms with van der Waals surface area (Å²) in [5.41, 5.74) is 5.14. The summed E-state index contributed by atoms with van der Waals surface area (Å²) in [5.74, 6) is -0.825. The van der Waals surface area contributed by atoms with Crippen LogP contribution in [0.15, 0.2) is 0 Å². The van der Waals surface area contributed by atoms with Crippen LogP contribution in [0.5, 0.6) is 0 Å². The minimum absolute atomic E-state index is 0.102. The van der Waals surface area contributed by atoms with Crippen molar-refractivity contribution in [2.24, 2.45) is 5.73 Å². The molecule has 0 aliphatic heterocycles. The monoisotopic (exact) mass is 135 g/mol. The Labute approximate surface area is 53.3 Å². The summed E-state index contributed by atoms with van der Waals surface area (Å²) in [6.45, 7) is 0. The lowest BCUT2D eigenvalue weighted by Gasteiger charge is -1.97. The van der Waals surface area contributed by atoms with E-state index in [0.717, 1.165) is 0 Å². The molecule has 3 N–H and O–H groups in total. The number of carboxylic acid groups (broad SMARTS) is 1. The van der Waals surface area contributed by atoms with Crippen LogP contribution in [0, 0.1) is 0 Å². The van der Waals surface area contributed by atoms with Gasteiger partial charge >= 0.3 is 5.97 Å². The van der Waals surface area contributed by atoms with Gasteiger partial charge in [0.15, 0.2) is 0 Å². The second-order valence-electron chi connectivity index (χ2n) is 1.50. The molecule has 48 valence electrons. The second kappa shape index (κ2) is 3.74. The SMILES string of the molecule is NC(S)CCC(=O)O. The van der Waals surface area contributed by atoms with Crippen LogP contribution in [0.3, 0.4) is 0 Å². The summed E-state index contributed by atoms with van der Waals surface area (Å²) in [7, 11) is 0. The van der Waals surface area contributed by atoms with Crippen molar-refractivity contribution in [3.63, 3.8) is 0 Å². The normalized spacial score (nSPS) is 13.2. The lowest BCUT2D eigenvalue weighted by molar-refractivity contribution is -0.137. The molecule has 0 aromatic heterocycles. The molecule has 0 saturated heterocycles. The number of aliphatic carboxylic acids is 1. The van der Waals surface area contributed by atoms with Crippen LogP contribution in [0.25, 0.3) is 0 Å². The summed E-state index contributed by atoms with van der Waals surface area (Å²) in [4.78, 5) is 9.81. The highest BCUT2D eigenvalue weighted by Crippen LogP contribution is 1.96. The standard InChI is InChI=1S/C4H9NO2S/c5-3(8)1-2-4(6)7/h3,8H,1-2,5H2,(H,6,7). The van der Waals surface area contributed by atoms with Crippen molar-refractivity contribution < 1.29 is 9.90 Å². The summed E-state index contributed by atoms with van der Waals surface area (Å²) in [6, 6.07) is 0. The van der Waals surface area contributed by atoms with Crippen LogP contribution in [-0.4, -0.2) is 16.4 Å². The predicted octanol–water partition coefficient (Wildman–Crippen LogP) is 0.0658. The van der Waals surface area contributed by atoms with Gasteiger partial charge in [-0.3, -0.25) is 4.79 Å². The summed E-state index contributed by atoms with van der Waals surface area (Å²) < 4.78 is 0. The Morgan fingerprint density at radius 1 is 1.88 bits per heavy atom. The first-order valence-corrected chi connectivity index (χ1v) is 2.80. The van der Waals surface area contributed by atoms with Gasteiger partial charge in [0, 0.05) is 11.8 Å². The van der Waals surface area contributed by atoms with Crippen molar-refractivity contribution in [3.05, 3.63) is 0 Å². The number of nitrogens with two attached hydrogens (primary N) is 1. The average molecular weight is 135 g/mol. The first-order valence-electron chi connectivity index (χ1n) is 2.28. The minimum Gasteiger partial charge on any atom is -0.481 e. The molecule has 4 heteroatoms. The molecule has 0 saturated carbocycles. The van der Waals surface area contributed by atoms with Crippen LogP contribution in [0.4, 0.5) is 0 Å². The molecule has 0 amide bonds. The number of hydrogen-bond acceptors (Lipinski definition) is 3. The van der Waals surface area contributed by atoms with E-state index >= 15 is 0 Å². The molecular weight excluding hydrogens is 126 g/mol. The Balaban J connectivity index is 3.05. The lowest BCUT2D eigenvalue weighted by Crippen LogP contribution is -2.13. The molecule has 0 spiro atoms. The molecule has 0 rings (SSSR count). The summed E-state index contributed by atoms with van der Waals surface area (Å²) in [6.07, 6.45) is 0.531. The number of rotatable bonds is 3. The highest BCUT2D eigenvalue weighted by molar-refractivity contribution is 7.80. The van der Waals surface area contributed by atoms with Crippen LogP contribution in [0.2, 0.25) is 0 Å². The fourth-order valence-electron chi connectivity index (χ4n) is 0.271. The fourth-order valence-corrected chi connectivity index (χ4v) is 0.400. The summed E-state index contributed by atoms with van der Waals surface area (Å²) in [5, 5.41) is 7.77. The van der Waals surface area contributed by atoms with Gasteiger partial charge in [-0.15, -0.1) is 0 Å². The molecule has 0 aliphatic carbocycles. The van der Waals surface area contributed by atoms with E-state index in [9.17, 15) is 4.79 Å². The van der Waals surface area contributed by atoms with Crippen molar-refractivity contribution in [1.29, 1.82) is 0 Å². The molecule has 1 atom stereocenters. The molecular formula is C4H9NO2S. The van der Waals surface area contributed by atoms with E-state index < -0.39 is 5.97 Å². The van der Waals surface area contributed by atoms with Gasteiger partial charge < -0.3 is 10.8 Å². The number of carbonyl (C=O) groups is 1. The van der Waals surface area contributed by atoms with Gasteiger partial charge in [0.2, 0.25) is 0 Å². The average Bonchev–Trinajstić information content (AvgIpc) is 1.61. The predicted molar refractivity (Wildman–Crippen MR) is 33.8 cm³/mol. The first kappa shape index (κ1) is 7.78. The van der Waals surface area contributed by atoms with Crippen LogP contribution >= 0.6 is 12.6 Å². The van der Waals surface area contributed by atoms with Crippen molar-refractivity contribution in [2.75, 3.05) is 0 Å². The van der Waals surface area contributed by atoms with Gasteiger partial charge in [-0.25, -0.2) is 0 Å². The second-order valence-corrected chi connectivity index (χ2v) is 2.16. The van der Waals surface area contributed by atoms with Crippen LogP contribution < -0.4 is 5.73 Å². The van der Waals surface area contributed by atoms with E-state index in [1.807, 2.05) is 0 Å². The molecule has 8 heavy (non-hydrogen) atoms. The number of hydrogen-bond donors (Lipinski definition) is 3. The largest absolute Gasteiger partial charge is 0.481 e. The zero-order chi connectivity index (χ0) is 6.57. The maximum atomic E-state index is 9.81. The molecule has 0 bridgehead atoms. The molecule has 0 fully saturated rings. The molecule has 0 heterocycles. The van der Waals surface area contributed by atoms with Gasteiger partial charge in [-0.1, -0.05) is 0 Å². The Morgan fingerprint density at radius 3 is 2.50 bits per heavy atom. The zero-order valence-corrected chi connectivity index (χ0v) is 5.27. The van der Waals surface area contributed by atoms with E-state index in [2.05, 4.69) is 12.6 Å². The lowest BCUT2D eigenvalue weighted by atomic mass is 10.3. The third-order valence-electron chi connectivity index (χ3n) is 0.654. The Hall–Kier alpha value is -0.220. The third kappa shape index (κ3) is 5.78. The summed E-state index contributed by atoms with van der Waals surface area (Å²) >= 11 is 3.79. The van der Waals surface area contributed by atoms with E-state index in [1.165, 1.54) is 0 Å².